The first-order valence-electron chi connectivity index (χ1n) is 7.00. The van der Waals surface area contributed by atoms with Crippen molar-refractivity contribution in [3.8, 4) is 17.2 Å². The number of carbonyl (C=O) groups is 1. The van der Waals surface area contributed by atoms with Gasteiger partial charge in [-0.3, -0.25) is 0 Å². The highest BCUT2D eigenvalue weighted by Crippen LogP contribution is 2.40. The fraction of sp³-hybridized carbons (Fsp3) is 0.167. The molecule has 2 aromatic carbocycles. The predicted molar refractivity (Wildman–Crippen MR) is 85.8 cm³/mol. The van der Waals surface area contributed by atoms with Crippen LogP contribution in [0, 0.1) is 0 Å². The molecule has 0 amide bonds. The quantitative estimate of drug-likeness (QED) is 0.810. The van der Waals surface area contributed by atoms with Crippen LogP contribution in [0.1, 0.15) is 21.5 Å². The molecule has 0 saturated carbocycles. The van der Waals surface area contributed by atoms with Gasteiger partial charge < -0.3 is 18.9 Å². The molecule has 118 valence electrons. The van der Waals surface area contributed by atoms with Crippen LogP contribution in [0.2, 0.25) is 0 Å². The Morgan fingerprint density at radius 2 is 1.61 bits per heavy atom. The molecule has 3 rings (SSSR count). The SMILES string of the molecule is COc1ccc(/C=C2/OC(=O)c3c(OC)cc(OC)cc32)cc1. The molecule has 0 bridgehead atoms. The number of hydrogen-bond acceptors (Lipinski definition) is 5. The van der Waals surface area contributed by atoms with Gasteiger partial charge in [-0.25, -0.2) is 4.79 Å². The van der Waals surface area contributed by atoms with Crippen molar-refractivity contribution in [1.29, 1.82) is 0 Å². The van der Waals surface area contributed by atoms with E-state index in [1.807, 2.05) is 24.3 Å². The second-order valence-corrected chi connectivity index (χ2v) is 4.92. The minimum atomic E-state index is -0.431. The Morgan fingerprint density at radius 1 is 0.913 bits per heavy atom. The van der Waals surface area contributed by atoms with Crippen LogP contribution in [0.15, 0.2) is 36.4 Å². The fourth-order valence-electron chi connectivity index (χ4n) is 2.44. The lowest BCUT2D eigenvalue weighted by molar-refractivity contribution is 0.0714. The number of methoxy groups -OCH3 is 3. The minimum absolute atomic E-state index is 0.410. The van der Waals surface area contributed by atoms with Gasteiger partial charge in [0.15, 0.2) is 0 Å². The number of fused-ring (bicyclic) bond motifs is 1. The lowest BCUT2D eigenvalue weighted by Gasteiger charge is -2.07. The van der Waals surface area contributed by atoms with Crippen LogP contribution < -0.4 is 14.2 Å². The topological polar surface area (TPSA) is 54.0 Å². The van der Waals surface area contributed by atoms with Gasteiger partial charge >= 0.3 is 5.97 Å². The first kappa shape index (κ1) is 15.0. The first-order chi connectivity index (χ1) is 11.2. The Morgan fingerprint density at radius 3 is 2.22 bits per heavy atom. The number of ether oxygens (including phenoxy) is 4. The molecule has 0 saturated heterocycles. The van der Waals surface area contributed by atoms with Gasteiger partial charge in [-0.05, 0) is 29.8 Å². The maximum atomic E-state index is 12.1. The van der Waals surface area contributed by atoms with E-state index in [0.717, 1.165) is 11.3 Å². The molecule has 5 nitrogen and oxygen atoms in total. The second-order valence-electron chi connectivity index (χ2n) is 4.92. The summed E-state index contributed by atoms with van der Waals surface area (Å²) in [6.45, 7) is 0. The monoisotopic (exact) mass is 312 g/mol. The zero-order valence-corrected chi connectivity index (χ0v) is 13.1. The highest BCUT2D eigenvalue weighted by molar-refractivity contribution is 6.08. The van der Waals surface area contributed by atoms with Gasteiger partial charge in [-0.15, -0.1) is 0 Å². The van der Waals surface area contributed by atoms with Crippen molar-refractivity contribution in [3.05, 3.63) is 53.1 Å². The molecule has 0 unspecified atom stereocenters. The average Bonchev–Trinajstić information content (AvgIpc) is 2.90. The molecule has 23 heavy (non-hydrogen) atoms. The molecule has 0 spiro atoms. The molecule has 0 radical (unpaired) electrons. The maximum absolute atomic E-state index is 12.1. The van der Waals surface area contributed by atoms with Crippen molar-refractivity contribution in [2.24, 2.45) is 0 Å². The number of rotatable bonds is 4. The molecule has 0 aromatic heterocycles. The number of carbonyl (C=O) groups excluding carboxylic acids is 1. The zero-order chi connectivity index (χ0) is 16.4. The number of esters is 1. The third-order valence-corrected chi connectivity index (χ3v) is 3.62. The Kier molecular flexibility index (Phi) is 3.93. The van der Waals surface area contributed by atoms with Gasteiger partial charge in [0, 0.05) is 11.6 Å². The van der Waals surface area contributed by atoms with E-state index < -0.39 is 5.97 Å². The summed E-state index contributed by atoms with van der Waals surface area (Å²) in [4.78, 5) is 12.1. The summed E-state index contributed by atoms with van der Waals surface area (Å²) >= 11 is 0. The van der Waals surface area contributed by atoms with Crippen molar-refractivity contribution in [3.63, 3.8) is 0 Å². The molecule has 0 atom stereocenters. The summed E-state index contributed by atoms with van der Waals surface area (Å²) in [5.74, 6) is 1.83. The standard InChI is InChI=1S/C18H16O5/c1-20-12-6-4-11(5-7-12)8-15-14-9-13(21-2)10-16(22-3)17(14)18(19)23-15/h4-10H,1-3H3/b15-8+. The van der Waals surface area contributed by atoms with Crippen molar-refractivity contribution in [2.45, 2.75) is 0 Å². The van der Waals surface area contributed by atoms with Gasteiger partial charge in [0.05, 0.1) is 21.3 Å². The van der Waals surface area contributed by atoms with E-state index in [1.165, 1.54) is 7.11 Å². The van der Waals surface area contributed by atoms with Gasteiger partial charge in [-0.2, -0.15) is 0 Å². The molecular formula is C18H16O5. The Balaban J connectivity index is 2.07. The zero-order valence-electron chi connectivity index (χ0n) is 13.1. The molecule has 0 aliphatic carbocycles. The van der Waals surface area contributed by atoms with Crippen molar-refractivity contribution < 1.29 is 23.7 Å². The normalized spacial score (nSPS) is 14.4. The van der Waals surface area contributed by atoms with Crippen LogP contribution in [0.25, 0.3) is 11.8 Å². The first-order valence-corrected chi connectivity index (χ1v) is 7.00. The third-order valence-electron chi connectivity index (χ3n) is 3.62. The molecule has 0 N–H and O–H groups in total. The molecule has 1 heterocycles. The molecule has 0 fully saturated rings. The van der Waals surface area contributed by atoms with Gasteiger partial charge in [0.2, 0.25) is 0 Å². The Labute approximate surface area is 134 Å². The molecule has 1 aliphatic rings. The summed E-state index contributed by atoms with van der Waals surface area (Å²) in [5, 5.41) is 0. The summed E-state index contributed by atoms with van der Waals surface area (Å²) in [6.07, 6.45) is 1.79. The van der Waals surface area contributed by atoms with Crippen LogP contribution >= 0.6 is 0 Å². The highest BCUT2D eigenvalue weighted by atomic mass is 16.5. The van der Waals surface area contributed by atoms with Crippen LogP contribution in [-0.4, -0.2) is 27.3 Å². The fourth-order valence-corrected chi connectivity index (χ4v) is 2.44. The third kappa shape index (κ3) is 2.73. The smallest absolute Gasteiger partial charge is 0.348 e. The molecule has 5 heteroatoms. The van der Waals surface area contributed by atoms with Crippen molar-refractivity contribution >= 4 is 17.8 Å². The van der Waals surface area contributed by atoms with Crippen molar-refractivity contribution in [1.82, 2.24) is 0 Å². The van der Waals surface area contributed by atoms with Crippen LogP contribution in [0.3, 0.4) is 0 Å². The number of hydrogen-bond donors (Lipinski definition) is 0. The van der Waals surface area contributed by atoms with E-state index in [2.05, 4.69) is 0 Å². The average molecular weight is 312 g/mol. The van der Waals surface area contributed by atoms with Crippen LogP contribution in [0.4, 0.5) is 0 Å². The van der Waals surface area contributed by atoms with E-state index in [9.17, 15) is 4.79 Å². The Bertz CT molecular complexity index is 775. The second kappa shape index (κ2) is 6.04. The summed E-state index contributed by atoms with van der Waals surface area (Å²) < 4.78 is 21.1. The van der Waals surface area contributed by atoms with Gasteiger partial charge in [0.1, 0.15) is 28.6 Å². The molecule has 1 aliphatic heterocycles. The summed E-state index contributed by atoms with van der Waals surface area (Å²) in [7, 11) is 4.68. The predicted octanol–water partition coefficient (Wildman–Crippen LogP) is 3.38. The van der Waals surface area contributed by atoms with E-state index in [0.29, 0.717) is 28.4 Å². The van der Waals surface area contributed by atoms with E-state index in [1.54, 1.807) is 32.4 Å². The molecule has 2 aromatic rings. The lowest BCUT2D eigenvalue weighted by atomic mass is 10.0. The summed E-state index contributed by atoms with van der Waals surface area (Å²) in [6, 6.07) is 10.9. The van der Waals surface area contributed by atoms with Crippen LogP contribution in [0.5, 0.6) is 17.2 Å². The Hall–Kier alpha value is -2.95. The number of cyclic esters (lactones) is 1. The van der Waals surface area contributed by atoms with E-state index >= 15 is 0 Å². The molecular weight excluding hydrogens is 296 g/mol. The van der Waals surface area contributed by atoms with E-state index in [4.69, 9.17) is 18.9 Å². The van der Waals surface area contributed by atoms with Crippen molar-refractivity contribution in [2.75, 3.05) is 21.3 Å². The van der Waals surface area contributed by atoms with Gasteiger partial charge in [0.25, 0.3) is 0 Å². The number of benzene rings is 2. The largest absolute Gasteiger partial charge is 0.497 e. The minimum Gasteiger partial charge on any atom is -0.497 e. The summed E-state index contributed by atoms with van der Waals surface area (Å²) in [5.41, 5.74) is 1.96. The van der Waals surface area contributed by atoms with E-state index in [-0.39, 0.29) is 0 Å². The van der Waals surface area contributed by atoms with Gasteiger partial charge in [-0.1, -0.05) is 12.1 Å². The van der Waals surface area contributed by atoms with Crippen LogP contribution in [-0.2, 0) is 4.74 Å². The highest BCUT2D eigenvalue weighted by Gasteiger charge is 2.31. The lowest BCUT2D eigenvalue weighted by Crippen LogP contribution is -1.99. The maximum Gasteiger partial charge on any atom is 0.348 e.